The van der Waals surface area contributed by atoms with Crippen molar-refractivity contribution < 1.29 is 4.79 Å². The number of para-hydroxylation sites is 1. The maximum atomic E-state index is 12.8. The molecule has 24 heavy (non-hydrogen) atoms. The Morgan fingerprint density at radius 1 is 1.29 bits per heavy atom. The molecule has 0 spiro atoms. The molecule has 1 aromatic carbocycles. The molecule has 4 rings (SSSR count). The molecule has 6 nitrogen and oxygen atoms in total. The van der Waals surface area contributed by atoms with Crippen LogP contribution < -0.4 is 4.90 Å². The first-order valence-corrected chi connectivity index (χ1v) is 8.67. The average molecular weight is 325 g/mol. The van der Waals surface area contributed by atoms with Crippen molar-refractivity contribution in [3.05, 3.63) is 42.0 Å². The normalized spacial score (nSPS) is 20.3. The van der Waals surface area contributed by atoms with Crippen LogP contribution in [-0.2, 0) is 18.3 Å². The Kier molecular flexibility index (Phi) is 3.96. The van der Waals surface area contributed by atoms with Crippen molar-refractivity contribution in [2.45, 2.75) is 25.2 Å². The Morgan fingerprint density at radius 3 is 3.00 bits per heavy atom. The van der Waals surface area contributed by atoms with Gasteiger partial charge in [0, 0.05) is 38.3 Å². The summed E-state index contributed by atoms with van der Waals surface area (Å²) >= 11 is 0. The maximum absolute atomic E-state index is 12.8. The second-order valence-corrected chi connectivity index (χ2v) is 6.78. The second kappa shape index (κ2) is 6.26. The van der Waals surface area contributed by atoms with E-state index in [0.29, 0.717) is 12.5 Å². The second-order valence-electron chi connectivity index (χ2n) is 6.78. The summed E-state index contributed by atoms with van der Waals surface area (Å²) in [5.41, 5.74) is 2.56. The number of fused-ring (bicyclic) bond motifs is 1. The summed E-state index contributed by atoms with van der Waals surface area (Å²) in [5, 5.41) is 8.21. The molecule has 2 aliphatic rings. The fourth-order valence-electron chi connectivity index (χ4n) is 3.91. The monoisotopic (exact) mass is 325 g/mol. The summed E-state index contributed by atoms with van der Waals surface area (Å²) in [5.74, 6) is 1.50. The molecule has 1 atom stereocenters. The molecular weight excluding hydrogens is 302 g/mol. The van der Waals surface area contributed by atoms with E-state index in [4.69, 9.17) is 0 Å². The van der Waals surface area contributed by atoms with Crippen LogP contribution in [0.1, 0.15) is 30.1 Å². The number of piperidine rings is 1. The maximum Gasteiger partial charge on any atom is 0.242 e. The van der Waals surface area contributed by atoms with E-state index < -0.39 is 0 Å². The minimum absolute atomic E-state index is 0.221. The van der Waals surface area contributed by atoms with Gasteiger partial charge >= 0.3 is 0 Å². The third-order valence-corrected chi connectivity index (χ3v) is 5.20. The van der Waals surface area contributed by atoms with E-state index in [0.717, 1.165) is 44.7 Å². The summed E-state index contributed by atoms with van der Waals surface area (Å²) in [4.78, 5) is 17.0. The van der Waals surface area contributed by atoms with Crippen LogP contribution in [0.5, 0.6) is 0 Å². The first kappa shape index (κ1) is 15.2. The molecule has 1 aromatic heterocycles. The zero-order valence-corrected chi connectivity index (χ0v) is 14.1. The number of amides is 1. The SMILES string of the molecule is Cn1cnnc1[C@@H]1CCCN(C(=O)CN2CCc3ccccc32)C1. The van der Waals surface area contributed by atoms with Crippen LogP contribution in [0.3, 0.4) is 0 Å². The minimum atomic E-state index is 0.221. The number of carbonyl (C=O) groups excluding carboxylic acids is 1. The molecular formula is C18H23N5O. The molecule has 0 aliphatic carbocycles. The van der Waals surface area contributed by atoms with E-state index in [1.807, 2.05) is 22.6 Å². The van der Waals surface area contributed by atoms with E-state index in [1.165, 1.54) is 11.3 Å². The van der Waals surface area contributed by atoms with Crippen molar-refractivity contribution in [1.82, 2.24) is 19.7 Å². The zero-order chi connectivity index (χ0) is 16.5. The molecule has 0 bridgehead atoms. The Morgan fingerprint density at radius 2 is 2.17 bits per heavy atom. The summed E-state index contributed by atoms with van der Waals surface area (Å²) < 4.78 is 1.97. The van der Waals surface area contributed by atoms with Crippen LogP contribution in [-0.4, -0.2) is 51.8 Å². The Hall–Kier alpha value is -2.37. The molecule has 3 heterocycles. The van der Waals surface area contributed by atoms with Gasteiger partial charge in [-0.15, -0.1) is 10.2 Å². The van der Waals surface area contributed by atoms with Gasteiger partial charge in [0.05, 0.1) is 6.54 Å². The lowest BCUT2D eigenvalue weighted by Crippen LogP contribution is -2.44. The van der Waals surface area contributed by atoms with E-state index in [9.17, 15) is 4.79 Å². The largest absolute Gasteiger partial charge is 0.362 e. The molecule has 2 aromatic rings. The van der Waals surface area contributed by atoms with Crippen LogP contribution in [0.25, 0.3) is 0 Å². The van der Waals surface area contributed by atoms with E-state index in [-0.39, 0.29) is 5.91 Å². The van der Waals surface area contributed by atoms with E-state index in [2.05, 4.69) is 33.3 Å². The molecule has 0 unspecified atom stereocenters. The topological polar surface area (TPSA) is 54.3 Å². The Labute approximate surface area is 142 Å². The van der Waals surface area contributed by atoms with Crippen molar-refractivity contribution in [2.75, 3.05) is 31.1 Å². The number of rotatable bonds is 3. The molecule has 0 saturated carbocycles. The van der Waals surface area contributed by atoms with Crippen LogP contribution >= 0.6 is 0 Å². The van der Waals surface area contributed by atoms with Gasteiger partial charge in [-0.05, 0) is 30.9 Å². The highest BCUT2D eigenvalue weighted by molar-refractivity contribution is 5.82. The van der Waals surface area contributed by atoms with Crippen molar-refractivity contribution in [1.29, 1.82) is 0 Å². The lowest BCUT2D eigenvalue weighted by atomic mass is 9.97. The van der Waals surface area contributed by atoms with Gasteiger partial charge in [-0.3, -0.25) is 4.79 Å². The molecule has 1 fully saturated rings. The van der Waals surface area contributed by atoms with Crippen molar-refractivity contribution in [3.8, 4) is 0 Å². The van der Waals surface area contributed by atoms with Crippen molar-refractivity contribution in [2.24, 2.45) is 7.05 Å². The number of benzene rings is 1. The first-order chi connectivity index (χ1) is 11.7. The summed E-state index contributed by atoms with van der Waals surface area (Å²) in [6.07, 6.45) is 4.87. The summed E-state index contributed by atoms with van der Waals surface area (Å²) in [6.45, 7) is 3.01. The highest BCUT2D eigenvalue weighted by Crippen LogP contribution is 2.28. The fourth-order valence-corrected chi connectivity index (χ4v) is 3.91. The number of carbonyl (C=O) groups is 1. The highest BCUT2D eigenvalue weighted by atomic mass is 16.2. The van der Waals surface area contributed by atoms with Crippen molar-refractivity contribution >= 4 is 11.6 Å². The number of hydrogen-bond donors (Lipinski definition) is 0. The van der Waals surface area contributed by atoms with Gasteiger partial charge in [-0.1, -0.05) is 18.2 Å². The van der Waals surface area contributed by atoms with Crippen LogP contribution in [0.4, 0.5) is 5.69 Å². The van der Waals surface area contributed by atoms with Crippen LogP contribution in [0, 0.1) is 0 Å². The zero-order valence-electron chi connectivity index (χ0n) is 14.1. The Bertz CT molecular complexity index is 741. The number of hydrogen-bond acceptors (Lipinski definition) is 4. The number of nitrogens with zero attached hydrogens (tertiary/aromatic N) is 5. The van der Waals surface area contributed by atoms with Gasteiger partial charge in [-0.2, -0.15) is 0 Å². The predicted molar refractivity (Wildman–Crippen MR) is 91.9 cm³/mol. The predicted octanol–water partition coefficient (Wildman–Crippen LogP) is 1.58. The van der Waals surface area contributed by atoms with Gasteiger partial charge in [0.15, 0.2) is 0 Å². The van der Waals surface area contributed by atoms with E-state index in [1.54, 1.807) is 6.33 Å². The quantitative estimate of drug-likeness (QED) is 0.860. The van der Waals surface area contributed by atoms with E-state index >= 15 is 0 Å². The first-order valence-electron chi connectivity index (χ1n) is 8.67. The molecule has 2 aliphatic heterocycles. The standard InChI is InChI=1S/C18H23N5O/c1-21-13-19-20-18(21)15-6-4-9-23(11-15)17(24)12-22-10-8-14-5-2-3-7-16(14)22/h2-3,5,7,13,15H,4,6,8-12H2,1H3/t15-/m1/s1. The summed E-state index contributed by atoms with van der Waals surface area (Å²) in [6, 6.07) is 8.39. The third kappa shape index (κ3) is 2.77. The fraction of sp³-hybridized carbons (Fsp3) is 0.500. The average Bonchev–Trinajstić information content (AvgIpc) is 3.22. The van der Waals surface area contributed by atoms with Gasteiger partial charge < -0.3 is 14.4 Å². The summed E-state index contributed by atoms with van der Waals surface area (Å²) in [7, 11) is 1.97. The molecule has 1 amide bonds. The number of aromatic nitrogens is 3. The van der Waals surface area contributed by atoms with Gasteiger partial charge in [0.25, 0.3) is 0 Å². The minimum Gasteiger partial charge on any atom is -0.362 e. The molecule has 0 N–H and O–H groups in total. The number of likely N-dealkylation sites (tertiary alicyclic amines) is 1. The Balaban J connectivity index is 1.43. The molecule has 0 radical (unpaired) electrons. The van der Waals surface area contributed by atoms with Crippen LogP contribution in [0.15, 0.2) is 30.6 Å². The molecule has 126 valence electrons. The smallest absolute Gasteiger partial charge is 0.242 e. The lowest BCUT2D eigenvalue weighted by Gasteiger charge is -2.33. The van der Waals surface area contributed by atoms with Crippen LogP contribution in [0.2, 0.25) is 0 Å². The van der Waals surface area contributed by atoms with Gasteiger partial charge in [0.1, 0.15) is 12.2 Å². The third-order valence-electron chi connectivity index (χ3n) is 5.20. The number of aryl methyl sites for hydroxylation is 1. The lowest BCUT2D eigenvalue weighted by molar-refractivity contribution is -0.130. The molecule has 6 heteroatoms. The molecule has 1 saturated heterocycles. The van der Waals surface area contributed by atoms with Gasteiger partial charge in [0.2, 0.25) is 5.91 Å². The number of anilines is 1. The van der Waals surface area contributed by atoms with Crippen molar-refractivity contribution in [3.63, 3.8) is 0 Å². The highest BCUT2D eigenvalue weighted by Gasteiger charge is 2.29. The van der Waals surface area contributed by atoms with Gasteiger partial charge in [-0.25, -0.2) is 0 Å².